The number of carbonyl (C=O) groups is 2. The molecule has 2 aromatic carbocycles. The van der Waals surface area contributed by atoms with Gasteiger partial charge >= 0.3 is 0 Å². The van der Waals surface area contributed by atoms with Crippen molar-refractivity contribution in [2.45, 2.75) is 12.8 Å². The van der Waals surface area contributed by atoms with Gasteiger partial charge in [-0.05, 0) is 49.2 Å². The van der Waals surface area contributed by atoms with Gasteiger partial charge in [-0.15, -0.1) is 0 Å². The van der Waals surface area contributed by atoms with E-state index in [1.54, 1.807) is 71.4 Å². The van der Waals surface area contributed by atoms with Gasteiger partial charge in [0, 0.05) is 17.7 Å². The Labute approximate surface area is 195 Å². The molecule has 0 spiro atoms. The summed E-state index contributed by atoms with van der Waals surface area (Å²) in [4.78, 5) is 29.1. The number of nitrogens with one attached hydrogen (secondary N) is 2. The van der Waals surface area contributed by atoms with Gasteiger partial charge in [-0.1, -0.05) is 12.1 Å². The number of hydrogen-bond acceptors (Lipinski definition) is 6. The van der Waals surface area contributed by atoms with Gasteiger partial charge in [0.15, 0.2) is 5.82 Å². The first kappa shape index (κ1) is 21.3. The van der Waals surface area contributed by atoms with Gasteiger partial charge in [0.2, 0.25) is 5.91 Å². The van der Waals surface area contributed by atoms with Crippen molar-refractivity contribution in [3.05, 3.63) is 72.6 Å². The molecular weight excluding hydrogens is 434 g/mol. The van der Waals surface area contributed by atoms with Crippen molar-refractivity contribution in [2.24, 2.45) is 5.92 Å². The number of carbonyl (C=O) groups excluding carboxylic acids is 2. The highest BCUT2D eigenvalue weighted by Gasteiger charge is 2.30. The summed E-state index contributed by atoms with van der Waals surface area (Å²) in [5, 5.41) is 5.68. The second kappa shape index (κ2) is 8.78. The predicted molar refractivity (Wildman–Crippen MR) is 128 cm³/mol. The molecule has 0 aliphatic heterocycles. The number of methoxy groups -OCH3 is 1. The summed E-state index contributed by atoms with van der Waals surface area (Å²) < 4.78 is 13.0. The molecule has 1 saturated carbocycles. The number of amides is 2. The Morgan fingerprint density at radius 3 is 2.65 bits per heavy atom. The first-order valence-corrected chi connectivity index (χ1v) is 10.8. The number of nitrogen functional groups attached to an aromatic ring is 1. The lowest BCUT2D eigenvalue weighted by Gasteiger charge is -2.12. The minimum absolute atomic E-state index is 0.00875. The van der Waals surface area contributed by atoms with Crippen LogP contribution < -0.4 is 25.8 Å². The Kier molecular flexibility index (Phi) is 5.51. The summed E-state index contributed by atoms with van der Waals surface area (Å²) in [7, 11) is 1.50. The van der Waals surface area contributed by atoms with E-state index >= 15 is 0 Å². The summed E-state index contributed by atoms with van der Waals surface area (Å²) in [6, 6.07) is 15.7. The van der Waals surface area contributed by atoms with E-state index in [4.69, 9.17) is 15.2 Å². The molecule has 172 valence electrons. The number of hydrogen-bond donors (Lipinski definition) is 3. The van der Waals surface area contributed by atoms with Crippen LogP contribution in [0, 0.1) is 5.92 Å². The van der Waals surface area contributed by atoms with Crippen LogP contribution in [0.15, 0.2) is 67.0 Å². The zero-order valence-corrected chi connectivity index (χ0v) is 18.4. The number of aromatic nitrogens is 2. The molecule has 0 radical (unpaired) electrons. The van der Waals surface area contributed by atoms with Crippen molar-refractivity contribution >= 4 is 34.7 Å². The highest BCUT2D eigenvalue weighted by atomic mass is 16.5. The van der Waals surface area contributed by atoms with Crippen LogP contribution in [-0.2, 0) is 4.79 Å². The third-order valence-electron chi connectivity index (χ3n) is 5.48. The minimum Gasteiger partial charge on any atom is -0.495 e. The van der Waals surface area contributed by atoms with Crippen molar-refractivity contribution in [2.75, 3.05) is 23.5 Å². The van der Waals surface area contributed by atoms with Gasteiger partial charge in [-0.25, -0.2) is 4.98 Å². The minimum atomic E-state index is -0.353. The van der Waals surface area contributed by atoms with Crippen LogP contribution in [0.5, 0.6) is 17.2 Å². The molecule has 2 amide bonds. The number of fused-ring (bicyclic) bond motifs is 1. The zero-order chi connectivity index (χ0) is 23.7. The fourth-order valence-corrected chi connectivity index (χ4v) is 3.56. The monoisotopic (exact) mass is 457 g/mol. The van der Waals surface area contributed by atoms with E-state index in [0.717, 1.165) is 12.8 Å². The molecule has 4 N–H and O–H groups in total. The number of anilines is 3. The number of nitrogens with zero attached hydrogens (tertiary/aromatic N) is 2. The fourth-order valence-electron chi connectivity index (χ4n) is 3.56. The van der Waals surface area contributed by atoms with E-state index in [2.05, 4.69) is 15.6 Å². The Morgan fingerprint density at radius 2 is 1.85 bits per heavy atom. The SMILES string of the molecule is COc1cccc(C(=O)Nc2cccc(Oc3ccc4nc(NC(=O)C5CC5)cn4c3)c2)c1N. The van der Waals surface area contributed by atoms with Gasteiger partial charge in [0.05, 0.1) is 30.8 Å². The van der Waals surface area contributed by atoms with Crippen LogP contribution in [0.4, 0.5) is 17.2 Å². The second-order valence-electron chi connectivity index (χ2n) is 8.03. The highest BCUT2D eigenvalue weighted by molar-refractivity contribution is 6.08. The Morgan fingerprint density at radius 1 is 1.03 bits per heavy atom. The Balaban J connectivity index is 1.29. The molecule has 4 aromatic rings. The third kappa shape index (κ3) is 4.49. The molecular formula is C25H23N5O4. The second-order valence-corrected chi connectivity index (χ2v) is 8.03. The van der Waals surface area contributed by atoms with Crippen LogP contribution >= 0.6 is 0 Å². The maximum Gasteiger partial charge on any atom is 0.257 e. The first-order chi connectivity index (χ1) is 16.5. The molecule has 0 unspecified atom stereocenters. The number of imidazole rings is 1. The van der Waals surface area contributed by atoms with Crippen LogP contribution in [0.2, 0.25) is 0 Å². The van der Waals surface area contributed by atoms with Gasteiger partial charge in [-0.2, -0.15) is 0 Å². The number of nitrogens with two attached hydrogens (primary N) is 1. The summed E-state index contributed by atoms with van der Waals surface area (Å²) >= 11 is 0. The third-order valence-corrected chi connectivity index (χ3v) is 5.48. The van der Waals surface area contributed by atoms with Crippen LogP contribution in [0.25, 0.3) is 5.65 Å². The van der Waals surface area contributed by atoms with Crippen LogP contribution in [0.1, 0.15) is 23.2 Å². The molecule has 1 aliphatic rings. The van der Waals surface area contributed by atoms with Crippen molar-refractivity contribution in [3.63, 3.8) is 0 Å². The topological polar surface area (TPSA) is 120 Å². The average molecular weight is 457 g/mol. The maximum atomic E-state index is 12.7. The summed E-state index contributed by atoms with van der Waals surface area (Å²) in [6.07, 6.45) is 5.39. The number of ether oxygens (including phenoxy) is 2. The van der Waals surface area contributed by atoms with Gasteiger partial charge in [0.25, 0.3) is 5.91 Å². The van der Waals surface area contributed by atoms with Gasteiger partial charge in [0.1, 0.15) is 22.9 Å². The molecule has 2 aromatic heterocycles. The molecule has 9 nitrogen and oxygen atoms in total. The fraction of sp³-hybridized carbons (Fsp3) is 0.160. The van der Waals surface area contributed by atoms with Crippen LogP contribution in [0.3, 0.4) is 0 Å². The smallest absolute Gasteiger partial charge is 0.257 e. The van der Waals surface area contributed by atoms with E-state index in [-0.39, 0.29) is 23.4 Å². The molecule has 0 bridgehead atoms. The predicted octanol–water partition coefficient (Wildman–Crippen LogP) is 4.32. The summed E-state index contributed by atoms with van der Waals surface area (Å²) in [5.41, 5.74) is 7.87. The van der Waals surface area contributed by atoms with Gasteiger partial charge in [-0.3, -0.25) is 9.59 Å². The molecule has 34 heavy (non-hydrogen) atoms. The first-order valence-electron chi connectivity index (χ1n) is 10.8. The summed E-state index contributed by atoms with van der Waals surface area (Å²) in [6.45, 7) is 0. The van der Waals surface area contributed by atoms with E-state index in [1.165, 1.54) is 7.11 Å². The van der Waals surface area contributed by atoms with Gasteiger partial charge < -0.3 is 30.2 Å². The normalized spacial score (nSPS) is 12.9. The van der Waals surface area contributed by atoms with E-state index in [1.807, 2.05) is 0 Å². The van der Waals surface area contributed by atoms with Crippen LogP contribution in [-0.4, -0.2) is 28.3 Å². The lowest BCUT2D eigenvalue weighted by atomic mass is 10.1. The lowest BCUT2D eigenvalue weighted by molar-refractivity contribution is -0.117. The number of rotatable bonds is 7. The molecule has 9 heteroatoms. The lowest BCUT2D eigenvalue weighted by Crippen LogP contribution is -2.14. The average Bonchev–Trinajstić information content (AvgIpc) is 3.60. The zero-order valence-electron chi connectivity index (χ0n) is 18.4. The molecule has 5 rings (SSSR count). The molecule has 2 heterocycles. The molecule has 0 saturated heterocycles. The maximum absolute atomic E-state index is 12.7. The summed E-state index contributed by atoms with van der Waals surface area (Å²) in [5.74, 6) is 1.83. The van der Waals surface area contributed by atoms with Crippen molar-refractivity contribution in [3.8, 4) is 17.2 Å². The standard InChI is InChI=1S/C25H23N5O4/c1-33-20-7-3-6-19(23(20)26)25(32)27-16-4-2-5-17(12-16)34-18-10-11-22-28-21(14-30(22)13-18)29-24(31)15-8-9-15/h2-7,10-15H,8-9,26H2,1H3,(H,27,32)(H,29,31). The molecule has 1 aliphatic carbocycles. The number of benzene rings is 2. The van der Waals surface area contributed by atoms with E-state index in [9.17, 15) is 9.59 Å². The highest BCUT2D eigenvalue weighted by Crippen LogP contribution is 2.31. The molecule has 1 fully saturated rings. The quantitative estimate of drug-likeness (QED) is 0.356. The molecule has 0 atom stereocenters. The number of pyridine rings is 1. The van der Waals surface area contributed by atoms with Crippen molar-refractivity contribution < 1.29 is 19.1 Å². The Bertz CT molecular complexity index is 1390. The van der Waals surface area contributed by atoms with E-state index in [0.29, 0.717) is 40.0 Å². The Hall–Kier alpha value is -4.53. The van der Waals surface area contributed by atoms with E-state index < -0.39 is 0 Å². The number of para-hydroxylation sites is 1. The van der Waals surface area contributed by atoms with Crippen molar-refractivity contribution in [1.82, 2.24) is 9.38 Å². The van der Waals surface area contributed by atoms with Crippen molar-refractivity contribution in [1.29, 1.82) is 0 Å². The largest absolute Gasteiger partial charge is 0.495 e.